The Balaban J connectivity index is 2.21. The van der Waals surface area contributed by atoms with E-state index in [9.17, 15) is 0 Å². The summed E-state index contributed by atoms with van der Waals surface area (Å²) in [6.07, 6.45) is 6.99. The molecule has 0 heterocycles. The van der Waals surface area contributed by atoms with Crippen LogP contribution in [0.2, 0.25) is 6.04 Å². The molecule has 0 aromatic heterocycles. The van der Waals surface area contributed by atoms with Crippen molar-refractivity contribution in [3.63, 3.8) is 0 Å². The molecule has 0 unspecified atom stereocenters. The first kappa shape index (κ1) is 14.5. The second kappa shape index (κ2) is 7.71. The van der Waals surface area contributed by atoms with E-state index in [0.717, 1.165) is 17.0 Å². The van der Waals surface area contributed by atoms with Crippen molar-refractivity contribution < 1.29 is 13.3 Å². The lowest BCUT2D eigenvalue weighted by Gasteiger charge is -2.26. The molecule has 16 heavy (non-hydrogen) atoms. The summed E-state index contributed by atoms with van der Waals surface area (Å²) in [4.78, 5) is 0. The summed E-state index contributed by atoms with van der Waals surface area (Å²) >= 11 is 2.07. The molecule has 0 amide bonds. The summed E-state index contributed by atoms with van der Waals surface area (Å²) in [6, 6.07) is 0.914. The van der Waals surface area contributed by atoms with E-state index in [2.05, 4.69) is 11.8 Å². The van der Waals surface area contributed by atoms with Gasteiger partial charge >= 0.3 is 8.80 Å². The second-order valence-electron chi connectivity index (χ2n) is 4.18. The van der Waals surface area contributed by atoms with Crippen LogP contribution in [0.1, 0.15) is 32.1 Å². The maximum absolute atomic E-state index is 5.41. The second-order valence-corrected chi connectivity index (χ2v) is 8.68. The van der Waals surface area contributed by atoms with Gasteiger partial charge in [0, 0.05) is 32.6 Å². The zero-order valence-corrected chi connectivity index (χ0v) is 12.5. The summed E-state index contributed by atoms with van der Waals surface area (Å²) in [6.45, 7) is 0. The fourth-order valence-electron chi connectivity index (χ4n) is 2.14. The zero-order chi connectivity index (χ0) is 11.9. The molecule has 1 rings (SSSR count). The van der Waals surface area contributed by atoms with E-state index in [1.807, 2.05) is 0 Å². The van der Waals surface area contributed by atoms with Gasteiger partial charge in [0.1, 0.15) is 0 Å². The highest BCUT2D eigenvalue weighted by molar-refractivity contribution is 7.99. The quantitative estimate of drug-likeness (QED) is 0.661. The largest absolute Gasteiger partial charge is 0.500 e. The van der Waals surface area contributed by atoms with Crippen molar-refractivity contribution in [1.82, 2.24) is 0 Å². The van der Waals surface area contributed by atoms with Crippen molar-refractivity contribution in [2.24, 2.45) is 0 Å². The van der Waals surface area contributed by atoms with Crippen molar-refractivity contribution in [1.29, 1.82) is 0 Å². The highest BCUT2D eigenvalue weighted by Gasteiger charge is 2.37. The standard InChI is InChI=1S/C11H24O3SSi/c1-12-16(13-2,14-3)10-9-15-11-7-5-4-6-8-11/h11H,4-10H2,1-3H3. The highest BCUT2D eigenvalue weighted by Crippen LogP contribution is 2.29. The zero-order valence-electron chi connectivity index (χ0n) is 10.7. The summed E-state index contributed by atoms with van der Waals surface area (Å²) in [5, 5.41) is 0.853. The Morgan fingerprint density at radius 2 is 1.56 bits per heavy atom. The van der Waals surface area contributed by atoms with Gasteiger partial charge in [0.25, 0.3) is 0 Å². The van der Waals surface area contributed by atoms with Crippen LogP contribution in [0.4, 0.5) is 0 Å². The molecule has 0 radical (unpaired) electrons. The normalized spacial score (nSPS) is 18.9. The van der Waals surface area contributed by atoms with Crippen molar-refractivity contribution in [2.75, 3.05) is 27.1 Å². The van der Waals surface area contributed by atoms with Crippen LogP contribution in [0.5, 0.6) is 0 Å². The maximum atomic E-state index is 5.41. The van der Waals surface area contributed by atoms with Crippen LogP contribution >= 0.6 is 11.8 Å². The third-order valence-electron chi connectivity index (χ3n) is 3.25. The molecule has 1 saturated carbocycles. The maximum Gasteiger partial charge on any atom is 0.500 e. The van der Waals surface area contributed by atoms with Gasteiger partial charge in [-0.15, -0.1) is 0 Å². The Kier molecular flexibility index (Phi) is 6.99. The van der Waals surface area contributed by atoms with Gasteiger partial charge in [-0.2, -0.15) is 11.8 Å². The predicted molar refractivity (Wildman–Crippen MR) is 70.9 cm³/mol. The number of hydrogen-bond acceptors (Lipinski definition) is 4. The third kappa shape index (κ3) is 4.37. The lowest BCUT2D eigenvalue weighted by molar-refractivity contribution is 0.125. The molecule has 0 atom stereocenters. The van der Waals surface area contributed by atoms with Gasteiger partial charge in [-0.05, 0) is 18.6 Å². The Hall–Kier alpha value is 0.447. The first-order valence-electron chi connectivity index (χ1n) is 6.03. The van der Waals surface area contributed by atoms with Gasteiger partial charge in [-0.3, -0.25) is 0 Å². The van der Waals surface area contributed by atoms with Crippen molar-refractivity contribution in [3.8, 4) is 0 Å². The fraction of sp³-hybridized carbons (Fsp3) is 1.00. The molecule has 1 aliphatic carbocycles. The molecule has 0 bridgehead atoms. The van der Waals surface area contributed by atoms with Gasteiger partial charge in [0.2, 0.25) is 0 Å². The monoisotopic (exact) mass is 264 g/mol. The summed E-state index contributed by atoms with van der Waals surface area (Å²) in [7, 11) is 2.73. The van der Waals surface area contributed by atoms with Gasteiger partial charge < -0.3 is 13.3 Å². The van der Waals surface area contributed by atoms with Crippen LogP contribution in [0.15, 0.2) is 0 Å². The highest BCUT2D eigenvalue weighted by atomic mass is 32.2. The predicted octanol–water partition coefficient (Wildman–Crippen LogP) is 2.93. The smallest absolute Gasteiger partial charge is 0.377 e. The lowest BCUT2D eigenvalue weighted by Crippen LogP contribution is -2.43. The Morgan fingerprint density at radius 3 is 2.06 bits per heavy atom. The van der Waals surface area contributed by atoms with Gasteiger partial charge in [0.05, 0.1) is 0 Å². The van der Waals surface area contributed by atoms with Crippen LogP contribution in [0.25, 0.3) is 0 Å². The minimum atomic E-state index is -2.32. The van der Waals surface area contributed by atoms with Gasteiger partial charge in [-0.1, -0.05) is 19.3 Å². The average Bonchev–Trinajstić information content (AvgIpc) is 2.37. The van der Waals surface area contributed by atoms with E-state index in [1.165, 1.54) is 32.1 Å². The van der Waals surface area contributed by atoms with Crippen molar-refractivity contribution >= 4 is 20.6 Å². The minimum absolute atomic E-state index is 0.853. The molecule has 5 heteroatoms. The summed E-state index contributed by atoms with van der Waals surface area (Å²) in [5.41, 5.74) is 0. The molecule has 1 fully saturated rings. The molecule has 0 saturated heterocycles. The Bertz CT molecular complexity index is 174. The van der Waals surface area contributed by atoms with Crippen LogP contribution < -0.4 is 0 Å². The number of thioether (sulfide) groups is 1. The van der Waals surface area contributed by atoms with E-state index in [0.29, 0.717) is 0 Å². The Labute approximate surface area is 105 Å². The van der Waals surface area contributed by atoms with E-state index in [-0.39, 0.29) is 0 Å². The van der Waals surface area contributed by atoms with Crippen LogP contribution in [-0.4, -0.2) is 41.1 Å². The average molecular weight is 264 g/mol. The molecule has 0 N–H and O–H groups in total. The Morgan fingerprint density at radius 1 is 1.00 bits per heavy atom. The molecule has 1 aliphatic rings. The molecule has 3 nitrogen and oxygen atoms in total. The molecular weight excluding hydrogens is 240 g/mol. The van der Waals surface area contributed by atoms with E-state index < -0.39 is 8.80 Å². The van der Waals surface area contributed by atoms with Crippen molar-refractivity contribution in [3.05, 3.63) is 0 Å². The molecule has 96 valence electrons. The van der Waals surface area contributed by atoms with Gasteiger partial charge in [0.15, 0.2) is 0 Å². The van der Waals surface area contributed by atoms with Crippen molar-refractivity contribution in [2.45, 2.75) is 43.4 Å². The van der Waals surface area contributed by atoms with Crippen LogP contribution in [-0.2, 0) is 13.3 Å². The van der Waals surface area contributed by atoms with Crippen LogP contribution in [0.3, 0.4) is 0 Å². The minimum Gasteiger partial charge on any atom is -0.377 e. The molecular formula is C11H24O3SSi. The molecule has 0 spiro atoms. The summed E-state index contributed by atoms with van der Waals surface area (Å²) in [5.74, 6) is 1.09. The number of hydrogen-bond donors (Lipinski definition) is 0. The first-order chi connectivity index (χ1) is 7.76. The fourth-order valence-corrected chi connectivity index (χ4v) is 5.72. The van der Waals surface area contributed by atoms with E-state index >= 15 is 0 Å². The summed E-state index contributed by atoms with van der Waals surface area (Å²) < 4.78 is 16.2. The van der Waals surface area contributed by atoms with E-state index in [4.69, 9.17) is 13.3 Å². The van der Waals surface area contributed by atoms with Crippen LogP contribution in [0, 0.1) is 0 Å². The topological polar surface area (TPSA) is 27.7 Å². The molecule has 0 aromatic carbocycles. The molecule has 0 aliphatic heterocycles. The lowest BCUT2D eigenvalue weighted by atomic mass is 10.0. The number of rotatable bonds is 7. The SMILES string of the molecule is CO[Si](CCSC1CCCCC1)(OC)OC. The van der Waals surface area contributed by atoms with Gasteiger partial charge in [-0.25, -0.2) is 0 Å². The van der Waals surface area contributed by atoms with E-state index in [1.54, 1.807) is 21.3 Å². The third-order valence-corrected chi connectivity index (χ3v) is 7.72. The first-order valence-corrected chi connectivity index (χ1v) is 9.01. The molecule has 0 aromatic rings.